The molecule has 90 valence electrons. The lowest BCUT2D eigenvalue weighted by molar-refractivity contribution is -0.141. The van der Waals surface area contributed by atoms with Crippen LogP contribution in [0.1, 0.15) is 23.2 Å². The summed E-state index contributed by atoms with van der Waals surface area (Å²) < 4.78 is 62.4. The highest BCUT2D eigenvalue weighted by Gasteiger charge is 2.37. The van der Waals surface area contributed by atoms with E-state index in [1.54, 1.807) is 0 Å². The molecule has 0 aromatic carbocycles. The zero-order chi connectivity index (χ0) is 12.5. The normalized spacial score (nSPS) is 12.2. The van der Waals surface area contributed by atoms with E-state index < -0.39 is 35.2 Å². The predicted molar refractivity (Wildman–Crippen MR) is 51.2 cm³/mol. The maximum atomic E-state index is 12.5. The zero-order valence-electron chi connectivity index (χ0n) is 7.65. The van der Waals surface area contributed by atoms with Crippen LogP contribution in [-0.2, 0) is 11.5 Å². The summed E-state index contributed by atoms with van der Waals surface area (Å²) >= 11 is 2.73. The number of hydrogen-bond acceptors (Lipinski definition) is 2. The van der Waals surface area contributed by atoms with Gasteiger partial charge in [-0.2, -0.15) is 13.2 Å². The number of halogens is 6. The summed E-state index contributed by atoms with van der Waals surface area (Å²) in [5.74, 6) is -0.577. The number of anilines is 1. The molecule has 1 rings (SSSR count). The van der Waals surface area contributed by atoms with Crippen molar-refractivity contribution in [1.29, 1.82) is 0 Å². The number of nitrogens with two attached hydrogens (primary N) is 1. The smallest absolute Gasteiger partial charge is 0.384 e. The van der Waals surface area contributed by atoms with E-state index in [1.807, 2.05) is 0 Å². The number of nitrogens with zero attached hydrogens (tertiary/aromatic N) is 1. The molecule has 1 aromatic rings. The largest absolute Gasteiger partial charge is 0.433 e. The standard InChI is InChI=1S/C8H6BrF5N2/c9-2-4-3(7(10)11)1-5(15)16-6(4)8(12,13)14/h1,7H,2H2,(H2,15,16). The van der Waals surface area contributed by atoms with Crippen LogP contribution in [0.15, 0.2) is 6.07 Å². The van der Waals surface area contributed by atoms with Gasteiger partial charge in [0.1, 0.15) is 5.82 Å². The Hall–Kier alpha value is -0.920. The van der Waals surface area contributed by atoms with Crippen LogP contribution in [0, 0.1) is 0 Å². The molecule has 1 heterocycles. The minimum absolute atomic E-state index is 0.366. The van der Waals surface area contributed by atoms with Crippen molar-refractivity contribution in [3.63, 3.8) is 0 Å². The maximum Gasteiger partial charge on any atom is 0.433 e. The Morgan fingerprint density at radius 1 is 1.38 bits per heavy atom. The molecule has 0 saturated carbocycles. The molecule has 0 atom stereocenters. The van der Waals surface area contributed by atoms with Gasteiger partial charge >= 0.3 is 6.18 Å². The Kier molecular flexibility index (Phi) is 3.72. The Morgan fingerprint density at radius 2 is 1.94 bits per heavy atom. The van der Waals surface area contributed by atoms with Gasteiger partial charge in [0, 0.05) is 16.5 Å². The highest BCUT2D eigenvalue weighted by Crippen LogP contribution is 2.36. The molecular weight excluding hydrogens is 299 g/mol. The molecule has 0 unspecified atom stereocenters. The van der Waals surface area contributed by atoms with Gasteiger partial charge in [0.2, 0.25) is 0 Å². The summed E-state index contributed by atoms with van der Waals surface area (Å²) in [6.07, 6.45) is -7.83. The van der Waals surface area contributed by atoms with Gasteiger partial charge in [-0.1, -0.05) is 15.9 Å². The van der Waals surface area contributed by atoms with Crippen molar-refractivity contribution >= 4 is 21.7 Å². The topological polar surface area (TPSA) is 38.9 Å². The van der Waals surface area contributed by atoms with Crippen LogP contribution in [0.25, 0.3) is 0 Å². The van der Waals surface area contributed by atoms with Crippen LogP contribution in [0.3, 0.4) is 0 Å². The number of nitrogen functional groups attached to an aromatic ring is 1. The van der Waals surface area contributed by atoms with Crippen LogP contribution in [0.2, 0.25) is 0 Å². The number of pyridine rings is 1. The van der Waals surface area contributed by atoms with Gasteiger partial charge in [0.15, 0.2) is 5.69 Å². The third kappa shape index (κ3) is 2.60. The summed E-state index contributed by atoms with van der Waals surface area (Å²) in [6.45, 7) is 0. The second-order valence-electron chi connectivity index (χ2n) is 2.90. The lowest BCUT2D eigenvalue weighted by atomic mass is 10.1. The van der Waals surface area contributed by atoms with E-state index in [0.717, 1.165) is 6.07 Å². The molecule has 0 fully saturated rings. The van der Waals surface area contributed by atoms with Crippen LogP contribution >= 0.6 is 15.9 Å². The molecule has 1 aromatic heterocycles. The monoisotopic (exact) mass is 304 g/mol. The summed E-state index contributed by atoms with van der Waals surface area (Å²) in [4.78, 5) is 3.05. The SMILES string of the molecule is Nc1cc(C(F)F)c(CBr)c(C(F)(F)F)n1. The molecule has 8 heteroatoms. The average Bonchev–Trinajstić information content (AvgIpc) is 2.14. The van der Waals surface area contributed by atoms with Gasteiger partial charge < -0.3 is 5.73 Å². The van der Waals surface area contributed by atoms with Crippen LogP contribution in [-0.4, -0.2) is 4.98 Å². The fraction of sp³-hybridized carbons (Fsp3) is 0.375. The van der Waals surface area contributed by atoms with Gasteiger partial charge in [-0.3, -0.25) is 0 Å². The van der Waals surface area contributed by atoms with E-state index in [9.17, 15) is 22.0 Å². The van der Waals surface area contributed by atoms with E-state index in [-0.39, 0.29) is 5.33 Å². The first kappa shape index (κ1) is 13.1. The van der Waals surface area contributed by atoms with E-state index in [1.165, 1.54) is 0 Å². The molecule has 0 aliphatic rings. The second-order valence-corrected chi connectivity index (χ2v) is 3.46. The lowest BCUT2D eigenvalue weighted by Crippen LogP contribution is -2.15. The van der Waals surface area contributed by atoms with Crippen molar-refractivity contribution < 1.29 is 22.0 Å². The zero-order valence-corrected chi connectivity index (χ0v) is 9.24. The molecule has 0 aliphatic heterocycles. The van der Waals surface area contributed by atoms with Gasteiger partial charge in [-0.15, -0.1) is 0 Å². The Labute approximate surface area is 95.8 Å². The number of rotatable bonds is 2. The third-order valence-corrected chi connectivity index (χ3v) is 2.38. The van der Waals surface area contributed by atoms with Crippen molar-refractivity contribution in [2.45, 2.75) is 17.9 Å². The van der Waals surface area contributed by atoms with Gasteiger partial charge in [0.25, 0.3) is 6.43 Å². The molecule has 0 spiro atoms. The van der Waals surface area contributed by atoms with E-state index >= 15 is 0 Å². The van der Waals surface area contributed by atoms with E-state index in [2.05, 4.69) is 20.9 Å². The van der Waals surface area contributed by atoms with Crippen LogP contribution in [0.4, 0.5) is 27.8 Å². The first-order valence-corrected chi connectivity index (χ1v) is 5.10. The molecule has 0 amide bonds. The first-order chi connectivity index (χ1) is 7.27. The average molecular weight is 305 g/mol. The molecular formula is C8H6BrF5N2. The minimum atomic E-state index is -4.80. The molecule has 0 saturated heterocycles. The Bertz CT molecular complexity index is 391. The first-order valence-electron chi connectivity index (χ1n) is 3.98. The summed E-state index contributed by atoms with van der Waals surface area (Å²) in [5.41, 5.74) is 2.34. The summed E-state index contributed by atoms with van der Waals surface area (Å²) in [5, 5.41) is -0.366. The third-order valence-electron chi connectivity index (χ3n) is 1.82. The maximum absolute atomic E-state index is 12.5. The summed E-state index contributed by atoms with van der Waals surface area (Å²) in [7, 11) is 0. The molecule has 2 N–H and O–H groups in total. The van der Waals surface area contributed by atoms with E-state index in [0.29, 0.717) is 0 Å². The Morgan fingerprint density at radius 3 is 2.31 bits per heavy atom. The highest BCUT2D eigenvalue weighted by molar-refractivity contribution is 9.08. The second kappa shape index (κ2) is 4.52. The van der Waals surface area contributed by atoms with Crippen molar-refractivity contribution in [2.75, 3.05) is 5.73 Å². The molecule has 16 heavy (non-hydrogen) atoms. The summed E-state index contributed by atoms with van der Waals surface area (Å²) in [6, 6.07) is 0.747. The van der Waals surface area contributed by atoms with Crippen molar-refractivity contribution in [3.05, 3.63) is 22.9 Å². The number of aromatic nitrogens is 1. The van der Waals surface area contributed by atoms with Gasteiger partial charge in [-0.05, 0) is 6.07 Å². The van der Waals surface area contributed by atoms with Crippen molar-refractivity contribution in [3.8, 4) is 0 Å². The number of hydrogen-bond donors (Lipinski definition) is 1. The fourth-order valence-electron chi connectivity index (χ4n) is 1.18. The fourth-order valence-corrected chi connectivity index (χ4v) is 1.77. The minimum Gasteiger partial charge on any atom is -0.384 e. The van der Waals surface area contributed by atoms with Gasteiger partial charge in [-0.25, -0.2) is 13.8 Å². The number of alkyl halides is 6. The van der Waals surface area contributed by atoms with E-state index in [4.69, 9.17) is 5.73 Å². The van der Waals surface area contributed by atoms with Crippen LogP contribution < -0.4 is 5.73 Å². The van der Waals surface area contributed by atoms with Gasteiger partial charge in [0.05, 0.1) is 0 Å². The molecule has 0 bridgehead atoms. The molecule has 0 aliphatic carbocycles. The lowest BCUT2D eigenvalue weighted by Gasteiger charge is -2.14. The predicted octanol–water partition coefficient (Wildman–Crippen LogP) is 3.52. The van der Waals surface area contributed by atoms with Crippen molar-refractivity contribution in [2.24, 2.45) is 0 Å². The molecule has 0 radical (unpaired) electrons. The van der Waals surface area contributed by atoms with Crippen molar-refractivity contribution in [1.82, 2.24) is 4.98 Å². The molecule has 2 nitrogen and oxygen atoms in total. The quantitative estimate of drug-likeness (QED) is 0.671. The van der Waals surface area contributed by atoms with Crippen LogP contribution in [0.5, 0.6) is 0 Å². The Balaban J connectivity index is 3.49. The highest BCUT2D eigenvalue weighted by atomic mass is 79.9.